The molecule has 33 heavy (non-hydrogen) atoms. The Hall–Kier alpha value is -2.36. The Morgan fingerprint density at radius 3 is 2.27 bits per heavy atom. The fourth-order valence-electron chi connectivity index (χ4n) is 4.59. The normalized spacial score (nSPS) is 20.4. The molecule has 2 aromatic rings. The topological polar surface area (TPSA) is 61.4 Å². The minimum Gasteiger partial charge on any atom is -0.497 e. The van der Waals surface area contributed by atoms with Crippen LogP contribution in [0.2, 0.25) is 0 Å². The van der Waals surface area contributed by atoms with Crippen molar-refractivity contribution in [1.29, 1.82) is 0 Å². The maximum atomic E-state index is 5.43. The summed E-state index contributed by atoms with van der Waals surface area (Å²) in [6, 6.07) is 17.1. The predicted octanol–water partition coefficient (Wildman–Crippen LogP) is 3.59. The molecule has 2 aliphatic heterocycles. The average Bonchev–Trinajstić information content (AvgIpc) is 3.52. The Labute approximate surface area is 214 Å². The molecule has 0 saturated carbocycles. The summed E-state index contributed by atoms with van der Waals surface area (Å²) >= 11 is 0. The van der Waals surface area contributed by atoms with Gasteiger partial charge in [-0.2, -0.15) is 0 Å². The molecule has 0 spiro atoms. The summed E-state index contributed by atoms with van der Waals surface area (Å²) in [5.74, 6) is 3.14. The van der Waals surface area contributed by atoms with Gasteiger partial charge in [-0.05, 0) is 30.9 Å². The number of nitrogens with one attached hydrogen (secondary N) is 2. The predicted molar refractivity (Wildman–Crippen MR) is 147 cm³/mol. The van der Waals surface area contributed by atoms with Crippen LogP contribution in [0.5, 0.6) is 11.5 Å². The summed E-state index contributed by atoms with van der Waals surface area (Å²) in [5.41, 5.74) is 2.44. The number of para-hydroxylation sites is 1. The second-order valence-corrected chi connectivity index (χ2v) is 8.54. The van der Waals surface area contributed by atoms with Gasteiger partial charge in [0, 0.05) is 75.4 Å². The largest absolute Gasteiger partial charge is 0.497 e. The number of nitrogens with zero attached hydrogens (tertiary/aromatic N) is 3. The molecule has 2 N–H and O–H groups in total. The highest BCUT2D eigenvalue weighted by atomic mass is 127. The van der Waals surface area contributed by atoms with Gasteiger partial charge in [-0.25, -0.2) is 0 Å². The Morgan fingerprint density at radius 2 is 1.61 bits per heavy atom. The van der Waals surface area contributed by atoms with Crippen molar-refractivity contribution < 1.29 is 9.47 Å². The molecule has 180 valence electrons. The lowest BCUT2D eigenvalue weighted by Gasteiger charge is -2.22. The van der Waals surface area contributed by atoms with Crippen LogP contribution >= 0.6 is 24.0 Å². The van der Waals surface area contributed by atoms with Crippen LogP contribution in [0.25, 0.3) is 0 Å². The number of methoxy groups -OCH3 is 2. The first-order valence-corrected chi connectivity index (χ1v) is 11.4. The fourth-order valence-corrected chi connectivity index (χ4v) is 4.59. The number of rotatable bonds is 7. The lowest BCUT2D eigenvalue weighted by atomic mass is 10.1. The molecule has 7 nitrogen and oxygen atoms in total. The summed E-state index contributed by atoms with van der Waals surface area (Å²) in [7, 11) is 5.22. The molecule has 0 bridgehead atoms. The number of halogens is 1. The highest BCUT2D eigenvalue weighted by molar-refractivity contribution is 14.0. The van der Waals surface area contributed by atoms with E-state index in [-0.39, 0.29) is 24.0 Å². The van der Waals surface area contributed by atoms with Crippen molar-refractivity contribution in [2.45, 2.75) is 18.9 Å². The summed E-state index contributed by atoms with van der Waals surface area (Å²) < 4.78 is 10.9. The highest BCUT2D eigenvalue weighted by Gasteiger charge is 2.26. The maximum Gasteiger partial charge on any atom is 0.191 e. The molecule has 2 fully saturated rings. The van der Waals surface area contributed by atoms with Gasteiger partial charge in [0.15, 0.2) is 5.96 Å². The molecule has 0 aromatic heterocycles. The van der Waals surface area contributed by atoms with Crippen LogP contribution < -0.4 is 29.9 Å². The van der Waals surface area contributed by atoms with Crippen LogP contribution in [-0.2, 0) is 0 Å². The Bertz CT molecular complexity index is 889. The van der Waals surface area contributed by atoms with Gasteiger partial charge in [-0.15, -0.1) is 24.0 Å². The number of hydrogen-bond donors (Lipinski definition) is 2. The van der Waals surface area contributed by atoms with Gasteiger partial charge in [-0.3, -0.25) is 4.99 Å². The van der Waals surface area contributed by atoms with Gasteiger partial charge >= 0.3 is 0 Å². The number of ether oxygens (including phenoxy) is 2. The van der Waals surface area contributed by atoms with E-state index in [4.69, 9.17) is 9.47 Å². The monoisotopic (exact) mass is 565 g/mol. The van der Waals surface area contributed by atoms with Crippen LogP contribution in [0, 0.1) is 5.92 Å². The Kier molecular flexibility index (Phi) is 9.34. The average molecular weight is 566 g/mol. The lowest BCUT2D eigenvalue weighted by molar-refractivity contribution is 0.394. The lowest BCUT2D eigenvalue weighted by Crippen LogP contribution is -2.46. The minimum atomic E-state index is 0. The zero-order valence-corrected chi connectivity index (χ0v) is 22.1. The van der Waals surface area contributed by atoms with Crippen molar-refractivity contribution in [3.05, 3.63) is 48.5 Å². The molecule has 2 saturated heterocycles. The van der Waals surface area contributed by atoms with E-state index in [2.05, 4.69) is 67.9 Å². The molecule has 2 aliphatic rings. The number of hydrogen-bond acceptors (Lipinski definition) is 5. The summed E-state index contributed by atoms with van der Waals surface area (Å²) in [6.07, 6.45) is 2.26. The Morgan fingerprint density at radius 1 is 0.939 bits per heavy atom. The van der Waals surface area contributed by atoms with E-state index < -0.39 is 0 Å². The zero-order chi connectivity index (χ0) is 22.3. The first-order valence-electron chi connectivity index (χ1n) is 11.4. The first kappa shape index (κ1) is 25.3. The van der Waals surface area contributed by atoms with E-state index >= 15 is 0 Å². The molecule has 2 heterocycles. The van der Waals surface area contributed by atoms with Crippen LogP contribution in [0.4, 0.5) is 11.4 Å². The fraction of sp³-hybridized carbons (Fsp3) is 0.480. The van der Waals surface area contributed by atoms with Crippen molar-refractivity contribution >= 4 is 41.3 Å². The second-order valence-electron chi connectivity index (χ2n) is 8.54. The molecule has 2 unspecified atom stereocenters. The van der Waals surface area contributed by atoms with E-state index in [0.717, 1.165) is 62.3 Å². The van der Waals surface area contributed by atoms with Gasteiger partial charge < -0.3 is 29.9 Å². The molecule has 0 amide bonds. The molecule has 2 aromatic carbocycles. The number of benzene rings is 2. The van der Waals surface area contributed by atoms with E-state index in [0.29, 0.717) is 12.0 Å². The van der Waals surface area contributed by atoms with Crippen molar-refractivity contribution in [2.75, 3.05) is 63.8 Å². The van der Waals surface area contributed by atoms with Crippen molar-refractivity contribution in [2.24, 2.45) is 10.9 Å². The van der Waals surface area contributed by atoms with Gasteiger partial charge in [0.25, 0.3) is 0 Å². The standard InChI is InChI=1S/C25H35N5O2.HI/c1-26-25(27-16-19-9-11-29(17-19)21-7-5-4-6-8-21)28-20-10-12-30(18-20)22-13-23(31-2)15-24(14-22)32-3;/h4-8,13-15,19-20H,9-12,16-18H2,1-3H3,(H2,26,27,28);1H. The second kappa shape index (κ2) is 12.2. The quantitative estimate of drug-likeness (QED) is 0.304. The first-order chi connectivity index (χ1) is 15.7. The summed E-state index contributed by atoms with van der Waals surface area (Å²) in [4.78, 5) is 9.30. The van der Waals surface area contributed by atoms with Gasteiger partial charge in [0.1, 0.15) is 11.5 Å². The number of aliphatic imine (C=N–C) groups is 1. The van der Waals surface area contributed by atoms with Gasteiger partial charge in [0.05, 0.1) is 14.2 Å². The van der Waals surface area contributed by atoms with Crippen molar-refractivity contribution in [3.8, 4) is 11.5 Å². The molecular weight excluding hydrogens is 529 g/mol. The summed E-state index contributed by atoms with van der Waals surface area (Å²) in [6.45, 7) is 5.04. The molecule has 8 heteroatoms. The SMILES string of the molecule is CN=C(NCC1CCN(c2ccccc2)C1)NC1CCN(c2cc(OC)cc(OC)c2)C1.I. The number of anilines is 2. The van der Waals surface area contributed by atoms with E-state index in [1.54, 1.807) is 14.2 Å². The van der Waals surface area contributed by atoms with Gasteiger partial charge in [-0.1, -0.05) is 18.2 Å². The van der Waals surface area contributed by atoms with Gasteiger partial charge in [0.2, 0.25) is 0 Å². The van der Waals surface area contributed by atoms with Crippen LogP contribution in [0.3, 0.4) is 0 Å². The smallest absolute Gasteiger partial charge is 0.191 e. The molecule has 4 rings (SSSR count). The van der Waals surface area contributed by atoms with Crippen molar-refractivity contribution in [3.63, 3.8) is 0 Å². The molecule has 2 atom stereocenters. The van der Waals surface area contributed by atoms with Crippen molar-refractivity contribution in [1.82, 2.24) is 10.6 Å². The summed E-state index contributed by atoms with van der Waals surface area (Å²) in [5, 5.41) is 7.17. The Balaban J connectivity index is 0.00000306. The zero-order valence-electron chi connectivity index (χ0n) is 19.8. The molecular formula is C25H36IN5O2. The van der Waals surface area contributed by atoms with Crippen LogP contribution in [0.15, 0.2) is 53.5 Å². The number of guanidine groups is 1. The van der Waals surface area contributed by atoms with E-state index in [1.165, 1.54) is 12.1 Å². The molecule has 0 aliphatic carbocycles. The third kappa shape index (κ3) is 6.59. The van der Waals surface area contributed by atoms with Crippen LogP contribution in [-0.4, -0.2) is 66.0 Å². The highest BCUT2D eigenvalue weighted by Crippen LogP contribution is 2.30. The third-order valence-corrected chi connectivity index (χ3v) is 6.42. The third-order valence-electron chi connectivity index (χ3n) is 6.42. The minimum absolute atomic E-state index is 0. The molecule has 0 radical (unpaired) electrons. The van der Waals surface area contributed by atoms with E-state index in [9.17, 15) is 0 Å². The van der Waals surface area contributed by atoms with Crippen LogP contribution in [0.1, 0.15) is 12.8 Å². The maximum absolute atomic E-state index is 5.43. The van der Waals surface area contributed by atoms with E-state index in [1.807, 2.05) is 13.1 Å².